The molecule has 0 bridgehead atoms. The van der Waals surface area contributed by atoms with Gasteiger partial charge in [0.05, 0.1) is 16.5 Å². The molecule has 31 heavy (non-hydrogen) atoms. The van der Waals surface area contributed by atoms with Crippen LogP contribution in [0.15, 0.2) is 52.3 Å². The van der Waals surface area contributed by atoms with Gasteiger partial charge in [-0.05, 0) is 55.3 Å². The first-order valence-electron chi connectivity index (χ1n) is 9.96. The molecule has 2 aromatic rings. The Balaban J connectivity index is 1.49. The van der Waals surface area contributed by atoms with Crippen LogP contribution in [0.5, 0.6) is 0 Å². The molecule has 1 fully saturated rings. The summed E-state index contributed by atoms with van der Waals surface area (Å²) in [6, 6.07) is 9.48. The number of carbonyl (C=O) groups excluding carboxylic acids is 2. The van der Waals surface area contributed by atoms with Crippen molar-refractivity contribution in [2.24, 2.45) is 5.92 Å². The molecule has 1 saturated heterocycles. The second-order valence-corrected chi connectivity index (χ2v) is 10.3. The number of benzene rings is 2. The van der Waals surface area contributed by atoms with Crippen molar-refractivity contribution >= 4 is 45.0 Å². The van der Waals surface area contributed by atoms with Gasteiger partial charge in [-0.2, -0.15) is 0 Å². The van der Waals surface area contributed by atoms with Gasteiger partial charge >= 0.3 is 0 Å². The number of rotatable bonds is 5. The minimum Gasteiger partial charge on any atom is -0.343 e. The van der Waals surface area contributed by atoms with Crippen LogP contribution in [0.2, 0.25) is 0 Å². The molecule has 0 saturated carbocycles. The number of hydrogen-bond donors (Lipinski definition) is 2. The standard InChI is InChI=1S/C21H22FN3O4S2/c22-15-3-5-16(6-4-15)24-31(28,29)17-7-8-19-18(12-17)23-21(27)14(13-30-19)11-20(26)25-9-1-2-10-25/h3-8,12,14,24H,1-2,9-11,13H2,(H,23,27)/t14-/m1/s1. The molecule has 2 aromatic carbocycles. The van der Waals surface area contributed by atoms with E-state index in [0.29, 0.717) is 11.4 Å². The number of likely N-dealkylation sites (tertiary alicyclic amines) is 1. The molecule has 2 aliphatic rings. The Morgan fingerprint density at radius 2 is 1.87 bits per heavy atom. The quantitative estimate of drug-likeness (QED) is 0.710. The number of nitrogens with one attached hydrogen (secondary N) is 2. The van der Waals surface area contributed by atoms with Crippen molar-refractivity contribution in [1.29, 1.82) is 0 Å². The van der Waals surface area contributed by atoms with Crippen LogP contribution in [0.4, 0.5) is 15.8 Å². The monoisotopic (exact) mass is 463 g/mol. The maximum Gasteiger partial charge on any atom is 0.261 e. The Morgan fingerprint density at radius 1 is 1.16 bits per heavy atom. The number of fused-ring (bicyclic) bond motifs is 1. The van der Waals surface area contributed by atoms with Crippen LogP contribution >= 0.6 is 11.8 Å². The highest BCUT2D eigenvalue weighted by molar-refractivity contribution is 7.99. The largest absolute Gasteiger partial charge is 0.343 e. The summed E-state index contributed by atoms with van der Waals surface area (Å²) in [7, 11) is -3.93. The first-order chi connectivity index (χ1) is 14.8. The van der Waals surface area contributed by atoms with Crippen LogP contribution in [0.1, 0.15) is 19.3 Å². The zero-order valence-electron chi connectivity index (χ0n) is 16.6. The minimum atomic E-state index is -3.93. The zero-order valence-corrected chi connectivity index (χ0v) is 18.3. The SMILES string of the molecule is O=C1Nc2cc(S(=O)(=O)Nc3ccc(F)cc3)ccc2SC[C@H]1CC(=O)N1CCCC1. The summed E-state index contributed by atoms with van der Waals surface area (Å²) in [4.78, 5) is 27.7. The lowest BCUT2D eigenvalue weighted by atomic mass is 10.1. The van der Waals surface area contributed by atoms with Gasteiger partial charge in [-0.25, -0.2) is 12.8 Å². The first-order valence-corrected chi connectivity index (χ1v) is 12.4. The first kappa shape index (κ1) is 21.6. The normalized spacial score (nSPS) is 18.8. The van der Waals surface area contributed by atoms with E-state index < -0.39 is 21.8 Å². The van der Waals surface area contributed by atoms with E-state index in [1.807, 2.05) is 0 Å². The van der Waals surface area contributed by atoms with Gasteiger partial charge in [-0.3, -0.25) is 14.3 Å². The van der Waals surface area contributed by atoms with Gasteiger partial charge in [0.25, 0.3) is 10.0 Å². The van der Waals surface area contributed by atoms with E-state index in [1.54, 1.807) is 11.0 Å². The topological polar surface area (TPSA) is 95.6 Å². The van der Waals surface area contributed by atoms with Crippen molar-refractivity contribution in [3.05, 3.63) is 48.3 Å². The molecule has 4 rings (SSSR count). The van der Waals surface area contributed by atoms with Crippen LogP contribution in [0, 0.1) is 11.7 Å². The smallest absolute Gasteiger partial charge is 0.261 e. The molecule has 0 spiro atoms. The molecule has 7 nitrogen and oxygen atoms in total. The summed E-state index contributed by atoms with van der Waals surface area (Å²) in [6.07, 6.45) is 2.13. The maximum atomic E-state index is 13.1. The van der Waals surface area contributed by atoms with Gasteiger partial charge in [0.2, 0.25) is 11.8 Å². The van der Waals surface area contributed by atoms with Gasteiger partial charge in [-0.1, -0.05) is 0 Å². The molecule has 0 unspecified atom stereocenters. The van der Waals surface area contributed by atoms with Crippen LogP contribution in [-0.2, 0) is 19.6 Å². The van der Waals surface area contributed by atoms with E-state index in [4.69, 9.17) is 0 Å². The van der Waals surface area contributed by atoms with Gasteiger partial charge in [0, 0.05) is 35.8 Å². The fourth-order valence-corrected chi connectivity index (χ4v) is 5.75. The van der Waals surface area contributed by atoms with Crippen molar-refractivity contribution < 1.29 is 22.4 Å². The predicted molar refractivity (Wildman–Crippen MR) is 117 cm³/mol. The fourth-order valence-electron chi connectivity index (χ4n) is 3.59. The molecule has 2 amide bonds. The van der Waals surface area contributed by atoms with E-state index in [1.165, 1.54) is 36.0 Å². The van der Waals surface area contributed by atoms with Crippen molar-refractivity contribution in [3.8, 4) is 0 Å². The van der Waals surface area contributed by atoms with Gasteiger partial charge in [-0.15, -0.1) is 11.8 Å². The summed E-state index contributed by atoms with van der Waals surface area (Å²) in [5, 5.41) is 2.78. The Bertz CT molecular complexity index is 1100. The number of hydrogen-bond acceptors (Lipinski definition) is 5. The van der Waals surface area contributed by atoms with Gasteiger partial charge in [0.15, 0.2) is 0 Å². The molecular weight excluding hydrogens is 441 g/mol. The highest BCUT2D eigenvalue weighted by Gasteiger charge is 2.30. The number of amides is 2. The van der Waals surface area contributed by atoms with Crippen LogP contribution < -0.4 is 10.0 Å². The van der Waals surface area contributed by atoms with Crippen molar-refractivity contribution in [3.63, 3.8) is 0 Å². The van der Waals surface area contributed by atoms with E-state index in [2.05, 4.69) is 10.0 Å². The number of halogens is 1. The summed E-state index contributed by atoms with van der Waals surface area (Å²) >= 11 is 1.42. The number of carbonyl (C=O) groups is 2. The molecule has 10 heteroatoms. The summed E-state index contributed by atoms with van der Waals surface area (Å²) in [5.41, 5.74) is 0.628. The molecule has 2 N–H and O–H groups in total. The Labute approximate surface area is 184 Å². The fraction of sp³-hybridized carbons (Fsp3) is 0.333. The molecule has 164 valence electrons. The molecule has 2 aliphatic heterocycles. The molecule has 2 heterocycles. The molecule has 0 aliphatic carbocycles. The Morgan fingerprint density at radius 3 is 2.58 bits per heavy atom. The zero-order chi connectivity index (χ0) is 22.0. The number of sulfonamides is 1. The van der Waals surface area contributed by atoms with Gasteiger partial charge in [0.1, 0.15) is 5.82 Å². The predicted octanol–water partition coefficient (Wildman–Crippen LogP) is 3.30. The van der Waals surface area contributed by atoms with Crippen LogP contribution in [-0.4, -0.2) is 44.0 Å². The Kier molecular flexibility index (Phi) is 6.19. The highest BCUT2D eigenvalue weighted by Crippen LogP contribution is 2.35. The molecule has 0 radical (unpaired) electrons. The number of thioether (sulfide) groups is 1. The highest BCUT2D eigenvalue weighted by atomic mass is 32.2. The minimum absolute atomic E-state index is 0.0176. The number of anilines is 2. The second-order valence-electron chi connectivity index (χ2n) is 7.56. The van der Waals surface area contributed by atoms with Crippen molar-refractivity contribution in [2.45, 2.75) is 29.1 Å². The van der Waals surface area contributed by atoms with E-state index in [-0.39, 0.29) is 28.8 Å². The average molecular weight is 464 g/mol. The molecule has 1 atom stereocenters. The van der Waals surface area contributed by atoms with E-state index in [9.17, 15) is 22.4 Å². The summed E-state index contributed by atoms with van der Waals surface area (Å²) < 4.78 is 40.9. The summed E-state index contributed by atoms with van der Waals surface area (Å²) in [5.74, 6) is -0.817. The summed E-state index contributed by atoms with van der Waals surface area (Å²) in [6.45, 7) is 1.48. The van der Waals surface area contributed by atoms with Crippen molar-refractivity contribution in [1.82, 2.24) is 4.90 Å². The average Bonchev–Trinajstić information content (AvgIpc) is 3.23. The molecule has 0 aromatic heterocycles. The number of nitrogens with zero attached hydrogens (tertiary/aromatic N) is 1. The lowest BCUT2D eigenvalue weighted by Crippen LogP contribution is -2.33. The van der Waals surface area contributed by atoms with Gasteiger partial charge < -0.3 is 10.2 Å². The third kappa shape index (κ3) is 5.01. The molecular formula is C21H22FN3O4S2. The van der Waals surface area contributed by atoms with Crippen molar-refractivity contribution in [2.75, 3.05) is 28.9 Å². The van der Waals surface area contributed by atoms with Crippen LogP contribution in [0.3, 0.4) is 0 Å². The third-order valence-corrected chi connectivity index (χ3v) is 7.92. The second kappa shape index (κ2) is 8.88. The van der Waals surface area contributed by atoms with E-state index >= 15 is 0 Å². The lowest BCUT2D eigenvalue weighted by Gasteiger charge is -2.18. The van der Waals surface area contributed by atoms with E-state index in [0.717, 1.165) is 43.0 Å². The lowest BCUT2D eigenvalue weighted by molar-refractivity contribution is -0.133. The Hall–Kier alpha value is -2.59. The maximum absolute atomic E-state index is 13.1. The third-order valence-electron chi connectivity index (χ3n) is 5.31. The van der Waals surface area contributed by atoms with Crippen LogP contribution in [0.25, 0.3) is 0 Å².